The SMILES string of the molecule is CC[NH+](CC(=O)Nc1ccc(OC)cc1)[C@H](C)C(=O)Nc1cccc(OC)c1. The van der Waals surface area contributed by atoms with Crippen molar-refractivity contribution in [1.82, 2.24) is 0 Å². The van der Waals surface area contributed by atoms with Gasteiger partial charge in [0.25, 0.3) is 11.8 Å². The standard InChI is InChI=1S/C21H27N3O4/c1-5-24(14-20(25)22-16-9-11-18(27-3)12-10-16)15(2)21(26)23-17-7-6-8-19(13-17)28-4/h6-13,15H,5,14H2,1-4H3,(H,22,25)(H,23,26)/p+1/t15-/m1/s1. The number of hydrogen-bond acceptors (Lipinski definition) is 4. The Balaban J connectivity index is 1.94. The lowest BCUT2D eigenvalue weighted by Gasteiger charge is -2.23. The lowest BCUT2D eigenvalue weighted by molar-refractivity contribution is -0.904. The van der Waals surface area contributed by atoms with E-state index in [1.165, 1.54) is 0 Å². The minimum atomic E-state index is -0.391. The normalized spacial score (nSPS) is 12.6. The van der Waals surface area contributed by atoms with E-state index in [0.29, 0.717) is 23.7 Å². The van der Waals surface area contributed by atoms with Crippen LogP contribution in [0.2, 0.25) is 0 Å². The van der Waals surface area contributed by atoms with Crippen LogP contribution in [0.5, 0.6) is 11.5 Å². The summed E-state index contributed by atoms with van der Waals surface area (Å²) in [5.74, 6) is 1.09. The van der Waals surface area contributed by atoms with Crippen LogP contribution in [0.3, 0.4) is 0 Å². The van der Waals surface area contributed by atoms with Crippen molar-refractivity contribution in [3.05, 3.63) is 48.5 Å². The molecule has 0 bridgehead atoms. The third-order valence-electron chi connectivity index (χ3n) is 4.56. The van der Waals surface area contributed by atoms with E-state index in [0.717, 1.165) is 10.6 Å². The molecule has 0 fully saturated rings. The monoisotopic (exact) mass is 386 g/mol. The third kappa shape index (κ3) is 5.99. The van der Waals surface area contributed by atoms with Crippen LogP contribution in [-0.4, -0.2) is 45.2 Å². The quantitative estimate of drug-likeness (QED) is 0.611. The van der Waals surface area contributed by atoms with Crippen molar-refractivity contribution in [2.75, 3.05) is 37.9 Å². The van der Waals surface area contributed by atoms with Gasteiger partial charge in [-0.3, -0.25) is 9.59 Å². The molecule has 0 aliphatic heterocycles. The van der Waals surface area contributed by atoms with E-state index < -0.39 is 6.04 Å². The molecule has 1 unspecified atom stereocenters. The highest BCUT2D eigenvalue weighted by Crippen LogP contribution is 2.17. The number of nitrogens with one attached hydrogen (secondary N) is 3. The molecule has 0 heterocycles. The summed E-state index contributed by atoms with van der Waals surface area (Å²) in [6, 6.07) is 13.9. The fourth-order valence-corrected chi connectivity index (χ4v) is 2.81. The van der Waals surface area contributed by atoms with Crippen LogP contribution in [0.15, 0.2) is 48.5 Å². The lowest BCUT2D eigenvalue weighted by Crippen LogP contribution is -3.17. The molecule has 150 valence electrons. The molecule has 2 aromatic rings. The number of hydrogen-bond donors (Lipinski definition) is 3. The second-order valence-corrected chi connectivity index (χ2v) is 6.41. The van der Waals surface area contributed by atoms with Crippen LogP contribution in [-0.2, 0) is 9.59 Å². The number of quaternary nitrogens is 1. The first-order chi connectivity index (χ1) is 13.5. The Hall–Kier alpha value is -3.06. The molecule has 0 radical (unpaired) electrons. The molecule has 2 amide bonds. The highest BCUT2D eigenvalue weighted by molar-refractivity contribution is 5.94. The Morgan fingerprint density at radius 3 is 2.25 bits per heavy atom. The number of carbonyl (C=O) groups is 2. The maximum Gasteiger partial charge on any atom is 0.282 e. The van der Waals surface area contributed by atoms with E-state index in [1.54, 1.807) is 50.6 Å². The fraction of sp³-hybridized carbons (Fsp3) is 0.333. The van der Waals surface area contributed by atoms with Crippen LogP contribution in [0, 0.1) is 0 Å². The molecule has 0 saturated heterocycles. The van der Waals surface area contributed by atoms with Crippen LogP contribution in [0.1, 0.15) is 13.8 Å². The first kappa shape index (κ1) is 21.2. The number of likely N-dealkylation sites (N-methyl/N-ethyl adjacent to an activating group) is 1. The molecular formula is C21H28N3O4+. The zero-order valence-electron chi connectivity index (χ0n) is 16.7. The molecule has 3 N–H and O–H groups in total. The zero-order chi connectivity index (χ0) is 20.5. The molecule has 0 saturated carbocycles. The molecular weight excluding hydrogens is 358 g/mol. The Morgan fingerprint density at radius 1 is 0.964 bits per heavy atom. The van der Waals surface area contributed by atoms with Gasteiger partial charge in [-0.25, -0.2) is 0 Å². The molecule has 2 rings (SSSR count). The topological polar surface area (TPSA) is 81.1 Å². The zero-order valence-corrected chi connectivity index (χ0v) is 16.7. The number of carbonyl (C=O) groups excluding carboxylic acids is 2. The number of methoxy groups -OCH3 is 2. The fourth-order valence-electron chi connectivity index (χ4n) is 2.81. The van der Waals surface area contributed by atoms with E-state index in [4.69, 9.17) is 9.47 Å². The number of amides is 2. The molecule has 2 atom stereocenters. The van der Waals surface area contributed by atoms with Gasteiger partial charge in [-0.05, 0) is 50.2 Å². The van der Waals surface area contributed by atoms with Crippen LogP contribution in [0.25, 0.3) is 0 Å². The number of benzene rings is 2. The van der Waals surface area contributed by atoms with Crippen molar-refractivity contribution in [3.8, 4) is 11.5 Å². The maximum absolute atomic E-state index is 12.6. The minimum absolute atomic E-state index is 0.150. The first-order valence-electron chi connectivity index (χ1n) is 9.20. The number of ether oxygens (including phenoxy) is 2. The van der Waals surface area contributed by atoms with E-state index in [9.17, 15) is 9.59 Å². The minimum Gasteiger partial charge on any atom is -0.497 e. The van der Waals surface area contributed by atoms with Crippen LogP contribution in [0.4, 0.5) is 11.4 Å². The van der Waals surface area contributed by atoms with E-state index >= 15 is 0 Å². The van der Waals surface area contributed by atoms with Crippen molar-refractivity contribution >= 4 is 23.2 Å². The molecule has 7 nitrogen and oxygen atoms in total. The van der Waals surface area contributed by atoms with Crippen molar-refractivity contribution in [2.24, 2.45) is 0 Å². The van der Waals surface area contributed by atoms with Gasteiger partial charge in [-0.15, -0.1) is 0 Å². The number of anilines is 2. The van der Waals surface area contributed by atoms with Crippen molar-refractivity contribution < 1.29 is 24.0 Å². The largest absolute Gasteiger partial charge is 0.497 e. The average molecular weight is 386 g/mol. The van der Waals surface area contributed by atoms with Gasteiger partial charge in [0.05, 0.1) is 20.8 Å². The van der Waals surface area contributed by atoms with Gasteiger partial charge in [-0.2, -0.15) is 0 Å². The van der Waals surface area contributed by atoms with E-state index in [1.807, 2.05) is 26.0 Å². The van der Waals surface area contributed by atoms with Gasteiger partial charge < -0.3 is 25.0 Å². The molecule has 2 aromatic carbocycles. The van der Waals surface area contributed by atoms with Crippen molar-refractivity contribution in [2.45, 2.75) is 19.9 Å². The summed E-state index contributed by atoms with van der Waals surface area (Å²) in [5.41, 5.74) is 1.35. The molecule has 28 heavy (non-hydrogen) atoms. The summed E-state index contributed by atoms with van der Waals surface area (Å²) >= 11 is 0. The first-order valence-corrected chi connectivity index (χ1v) is 9.20. The van der Waals surface area contributed by atoms with Gasteiger partial charge in [0, 0.05) is 17.4 Å². The summed E-state index contributed by atoms with van der Waals surface area (Å²) in [6.07, 6.45) is 0. The van der Waals surface area contributed by atoms with Gasteiger partial charge in [0.15, 0.2) is 12.6 Å². The summed E-state index contributed by atoms with van der Waals surface area (Å²) in [7, 11) is 3.17. The van der Waals surface area contributed by atoms with Crippen molar-refractivity contribution in [1.29, 1.82) is 0 Å². The smallest absolute Gasteiger partial charge is 0.282 e. The summed E-state index contributed by atoms with van der Waals surface area (Å²) in [4.78, 5) is 25.9. The Bertz CT molecular complexity index is 792. The van der Waals surface area contributed by atoms with Gasteiger partial charge in [0.1, 0.15) is 11.5 Å². The lowest BCUT2D eigenvalue weighted by atomic mass is 10.2. The second-order valence-electron chi connectivity index (χ2n) is 6.41. The van der Waals surface area contributed by atoms with Crippen LogP contribution >= 0.6 is 0 Å². The molecule has 7 heteroatoms. The Morgan fingerprint density at radius 2 is 1.64 bits per heavy atom. The van der Waals surface area contributed by atoms with Gasteiger partial charge >= 0.3 is 0 Å². The van der Waals surface area contributed by atoms with Crippen molar-refractivity contribution in [3.63, 3.8) is 0 Å². The Labute approximate surface area is 165 Å². The third-order valence-corrected chi connectivity index (χ3v) is 4.56. The van der Waals surface area contributed by atoms with Gasteiger partial charge in [0.2, 0.25) is 0 Å². The molecule has 0 spiro atoms. The number of rotatable bonds is 9. The molecule has 0 aromatic heterocycles. The highest BCUT2D eigenvalue weighted by atomic mass is 16.5. The molecule has 0 aliphatic rings. The Kier molecular flexibility index (Phi) is 7.83. The highest BCUT2D eigenvalue weighted by Gasteiger charge is 2.26. The average Bonchev–Trinajstić information content (AvgIpc) is 2.72. The van der Waals surface area contributed by atoms with Crippen LogP contribution < -0.4 is 25.0 Å². The molecule has 0 aliphatic carbocycles. The van der Waals surface area contributed by atoms with E-state index in [2.05, 4.69) is 10.6 Å². The summed E-state index contributed by atoms with van der Waals surface area (Å²) in [6.45, 7) is 4.60. The van der Waals surface area contributed by atoms with E-state index in [-0.39, 0.29) is 18.4 Å². The summed E-state index contributed by atoms with van der Waals surface area (Å²) < 4.78 is 10.3. The second kappa shape index (κ2) is 10.3. The van der Waals surface area contributed by atoms with Gasteiger partial charge in [-0.1, -0.05) is 6.07 Å². The summed E-state index contributed by atoms with van der Waals surface area (Å²) in [5, 5.41) is 5.73. The predicted octanol–water partition coefficient (Wildman–Crippen LogP) is 1.57. The maximum atomic E-state index is 12.6. The predicted molar refractivity (Wildman–Crippen MR) is 109 cm³/mol.